The molecule has 0 aliphatic carbocycles. The second-order valence-electron chi connectivity index (χ2n) is 6.72. The molecule has 0 amide bonds. The highest BCUT2D eigenvalue weighted by Crippen LogP contribution is 2.30. The first-order valence-corrected chi connectivity index (χ1v) is 9.64. The van der Waals surface area contributed by atoms with Crippen molar-refractivity contribution in [3.05, 3.63) is 85.2 Å². The minimum atomic E-state index is 0.804. The zero-order chi connectivity index (χ0) is 19.6. The van der Waals surface area contributed by atoms with Crippen LogP contribution in [-0.2, 0) is 6.54 Å². The topological polar surface area (TPSA) is 56.5 Å². The van der Waals surface area contributed by atoms with E-state index in [1.807, 2.05) is 54.6 Å². The highest BCUT2D eigenvalue weighted by molar-refractivity contribution is 5.82. The lowest BCUT2D eigenvalue weighted by Crippen LogP contribution is -2.00. The Kier molecular flexibility index (Phi) is 4.33. The van der Waals surface area contributed by atoms with E-state index in [1.165, 1.54) is 0 Å². The third kappa shape index (κ3) is 3.17. The quantitative estimate of drug-likeness (QED) is 0.430. The summed E-state index contributed by atoms with van der Waals surface area (Å²) in [5, 5.41) is 0. The number of benzene rings is 1. The monoisotopic (exact) mass is 377 g/mol. The standard InChI is InChI=1S/C24H19N5/c1-2-29-23-12-4-3-11-20(23)28-24(29)17-15-21(18-9-5-7-13-25-18)27-22(16-17)19-10-6-8-14-26-19/h3-16H,2H2,1H3. The van der Waals surface area contributed by atoms with Crippen LogP contribution in [0.3, 0.4) is 0 Å². The normalized spacial score (nSPS) is 11.1. The van der Waals surface area contributed by atoms with Crippen molar-refractivity contribution in [2.45, 2.75) is 13.5 Å². The lowest BCUT2D eigenvalue weighted by Gasteiger charge is -2.10. The van der Waals surface area contributed by atoms with Crippen molar-refractivity contribution in [1.82, 2.24) is 24.5 Å². The van der Waals surface area contributed by atoms with Gasteiger partial charge in [-0.05, 0) is 55.5 Å². The molecule has 0 saturated heterocycles. The summed E-state index contributed by atoms with van der Waals surface area (Å²) >= 11 is 0. The Bertz CT molecular complexity index is 1220. The van der Waals surface area contributed by atoms with Crippen molar-refractivity contribution in [2.24, 2.45) is 0 Å². The second kappa shape index (κ2) is 7.28. The van der Waals surface area contributed by atoms with Crippen molar-refractivity contribution in [3.8, 4) is 34.2 Å². The van der Waals surface area contributed by atoms with Crippen LogP contribution in [0, 0.1) is 0 Å². The summed E-state index contributed by atoms with van der Waals surface area (Å²) in [5.41, 5.74) is 6.37. The maximum absolute atomic E-state index is 4.92. The highest BCUT2D eigenvalue weighted by atomic mass is 15.1. The van der Waals surface area contributed by atoms with Gasteiger partial charge in [0, 0.05) is 24.5 Å². The Morgan fingerprint density at radius 1 is 0.690 bits per heavy atom. The summed E-state index contributed by atoms with van der Waals surface area (Å²) in [4.78, 5) is 18.8. The fourth-order valence-electron chi connectivity index (χ4n) is 3.57. The maximum atomic E-state index is 4.92. The molecule has 5 aromatic rings. The Balaban J connectivity index is 1.77. The van der Waals surface area contributed by atoms with Crippen molar-refractivity contribution in [2.75, 3.05) is 0 Å². The van der Waals surface area contributed by atoms with Gasteiger partial charge in [0.15, 0.2) is 0 Å². The third-order valence-electron chi connectivity index (χ3n) is 4.91. The second-order valence-corrected chi connectivity index (χ2v) is 6.72. The van der Waals surface area contributed by atoms with E-state index in [0.717, 1.165) is 51.7 Å². The number of imidazole rings is 1. The Labute approximate surface area is 168 Å². The predicted molar refractivity (Wildman–Crippen MR) is 115 cm³/mol. The van der Waals surface area contributed by atoms with E-state index in [9.17, 15) is 0 Å². The van der Waals surface area contributed by atoms with E-state index in [2.05, 4.69) is 39.7 Å². The molecule has 5 nitrogen and oxygen atoms in total. The number of pyridine rings is 3. The molecule has 5 heteroatoms. The molecule has 0 bridgehead atoms. The van der Waals surface area contributed by atoms with E-state index in [4.69, 9.17) is 9.97 Å². The minimum absolute atomic E-state index is 0.804. The molecule has 0 atom stereocenters. The fourth-order valence-corrected chi connectivity index (χ4v) is 3.57. The molecule has 0 aliphatic rings. The van der Waals surface area contributed by atoms with Crippen LogP contribution in [0.4, 0.5) is 0 Å². The Hall–Kier alpha value is -3.86. The largest absolute Gasteiger partial charge is 0.324 e. The van der Waals surface area contributed by atoms with Crippen molar-refractivity contribution < 1.29 is 0 Å². The first kappa shape index (κ1) is 17.3. The van der Waals surface area contributed by atoms with Gasteiger partial charge in [0.05, 0.1) is 33.8 Å². The van der Waals surface area contributed by atoms with Crippen LogP contribution in [0.15, 0.2) is 85.2 Å². The van der Waals surface area contributed by atoms with E-state index in [-0.39, 0.29) is 0 Å². The molecule has 0 spiro atoms. The maximum Gasteiger partial charge on any atom is 0.141 e. The molecular formula is C24H19N5. The summed E-state index contributed by atoms with van der Waals surface area (Å²) in [6.45, 7) is 2.97. The number of hydrogen-bond donors (Lipinski definition) is 0. The molecule has 1 aromatic carbocycles. The molecule has 0 unspecified atom stereocenters. The molecule has 0 N–H and O–H groups in total. The summed E-state index contributed by atoms with van der Waals surface area (Å²) in [6.07, 6.45) is 3.57. The summed E-state index contributed by atoms with van der Waals surface area (Å²) in [6, 6.07) is 24.0. The van der Waals surface area contributed by atoms with Crippen molar-refractivity contribution >= 4 is 11.0 Å². The number of para-hydroxylation sites is 2. The average Bonchev–Trinajstić information content (AvgIpc) is 3.19. The summed E-state index contributed by atoms with van der Waals surface area (Å²) < 4.78 is 2.23. The van der Waals surface area contributed by atoms with Crippen molar-refractivity contribution in [1.29, 1.82) is 0 Å². The average molecular weight is 377 g/mol. The SMILES string of the molecule is CCn1c(-c2cc(-c3ccccn3)nc(-c3ccccn3)c2)nc2ccccc21. The zero-order valence-electron chi connectivity index (χ0n) is 16.0. The first-order valence-electron chi connectivity index (χ1n) is 9.64. The fraction of sp³-hybridized carbons (Fsp3) is 0.0833. The summed E-state index contributed by atoms with van der Waals surface area (Å²) in [5.74, 6) is 0.922. The van der Waals surface area contributed by atoms with Gasteiger partial charge in [0.25, 0.3) is 0 Å². The molecule has 0 radical (unpaired) electrons. The van der Waals surface area contributed by atoms with E-state index in [1.54, 1.807) is 12.4 Å². The third-order valence-corrected chi connectivity index (χ3v) is 4.91. The molecular weight excluding hydrogens is 358 g/mol. The van der Waals surface area contributed by atoms with Gasteiger partial charge in [-0.25, -0.2) is 9.97 Å². The van der Waals surface area contributed by atoms with E-state index < -0.39 is 0 Å². The van der Waals surface area contributed by atoms with Crippen LogP contribution in [-0.4, -0.2) is 24.5 Å². The first-order chi connectivity index (χ1) is 14.3. The predicted octanol–water partition coefficient (Wildman–Crippen LogP) is 5.24. The van der Waals surface area contributed by atoms with Gasteiger partial charge in [-0.3, -0.25) is 9.97 Å². The van der Waals surface area contributed by atoms with Crippen LogP contribution in [0.2, 0.25) is 0 Å². The van der Waals surface area contributed by atoms with Gasteiger partial charge >= 0.3 is 0 Å². The zero-order valence-corrected chi connectivity index (χ0v) is 16.0. The number of hydrogen-bond acceptors (Lipinski definition) is 4. The number of nitrogens with zero attached hydrogens (tertiary/aromatic N) is 5. The lowest BCUT2D eigenvalue weighted by atomic mass is 10.1. The van der Waals surface area contributed by atoms with Crippen LogP contribution < -0.4 is 0 Å². The molecule has 0 fully saturated rings. The van der Waals surface area contributed by atoms with Gasteiger partial charge in [-0.1, -0.05) is 24.3 Å². The van der Waals surface area contributed by atoms with Gasteiger partial charge < -0.3 is 4.57 Å². The molecule has 4 heterocycles. The van der Waals surface area contributed by atoms with E-state index >= 15 is 0 Å². The molecule has 140 valence electrons. The lowest BCUT2D eigenvalue weighted by molar-refractivity contribution is 0.796. The van der Waals surface area contributed by atoms with Gasteiger partial charge in [-0.15, -0.1) is 0 Å². The molecule has 0 saturated carbocycles. The van der Waals surface area contributed by atoms with Crippen LogP contribution >= 0.6 is 0 Å². The van der Waals surface area contributed by atoms with E-state index in [0.29, 0.717) is 0 Å². The smallest absolute Gasteiger partial charge is 0.141 e. The molecule has 0 aliphatic heterocycles. The minimum Gasteiger partial charge on any atom is -0.324 e. The molecule has 29 heavy (non-hydrogen) atoms. The van der Waals surface area contributed by atoms with Gasteiger partial charge in [0.2, 0.25) is 0 Å². The van der Waals surface area contributed by atoms with Gasteiger partial charge in [-0.2, -0.15) is 0 Å². The van der Waals surface area contributed by atoms with Crippen LogP contribution in [0.5, 0.6) is 0 Å². The highest BCUT2D eigenvalue weighted by Gasteiger charge is 2.15. The summed E-state index contributed by atoms with van der Waals surface area (Å²) in [7, 11) is 0. The van der Waals surface area contributed by atoms with Crippen molar-refractivity contribution in [3.63, 3.8) is 0 Å². The number of aryl methyl sites for hydroxylation is 1. The number of fused-ring (bicyclic) bond motifs is 1. The van der Waals surface area contributed by atoms with Crippen LogP contribution in [0.1, 0.15) is 6.92 Å². The Morgan fingerprint density at radius 2 is 1.31 bits per heavy atom. The Morgan fingerprint density at radius 3 is 1.90 bits per heavy atom. The molecule has 5 rings (SSSR count). The molecule has 4 aromatic heterocycles. The number of aromatic nitrogens is 5. The van der Waals surface area contributed by atoms with Crippen LogP contribution in [0.25, 0.3) is 45.2 Å². The number of rotatable bonds is 4. The van der Waals surface area contributed by atoms with Gasteiger partial charge in [0.1, 0.15) is 5.82 Å².